The van der Waals surface area contributed by atoms with Crippen LogP contribution in [-0.2, 0) is 13.0 Å². The number of ether oxygens (including phenoxy) is 1. The van der Waals surface area contributed by atoms with Crippen LogP contribution < -0.4 is 9.64 Å². The van der Waals surface area contributed by atoms with Crippen LogP contribution in [0.5, 0.6) is 5.19 Å². The van der Waals surface area contributed by atoms with Crippen molar-refractivity contribution in [1.29, 1.82) is 0 Å². The summed E-state index contributed by atoms with van der Waals surface area (Å²) in [5.74, 6) is -2.26. The van der Waals surface area contributed by atoms with Crippen molar-refractivity contribution in [2.45, 2.75) is 13.0 Å². The van der Waals surface area contributed by atoms with E-state index in [9.17, 15) is 18.0 Å². The molecule has 0 N–H and O–H groups in total. The monoisotopic (exact) mass is 390 g/mol. The van der Waals surface area contributed by atoms with Gasteiger partial charge in [0.1, 0.15) is 28.9 Å². The Morgan fingerprint density at radius 3 is 2.70 bits per heavy atom. The lowest BCUT2D eigenvalue weighted by atomic mass is 10.1. The fourth-order valence-electron chi connectivity index (χ4n) is 2.87. The van der Waals surface area contributed by atoms with Gasteiger partial charge in [0.2, 0.25) is 0 Å². The predicted molar refractivity (Wildman–Crippen MR) is 94.6 cm³/mol. The average molecular weight is 390 g/mol. The lowest BCUT2D eigenvalue weighted by molar-refractivity contribution is 0.0983. The van der Waals surface area contributed by atoms with E-state index in [4.69, 9.17) is 4.74 Å². The minimum absolute atomic E-state index is 0.0303. The Morgan fingerprint density at radius 2 is 1.93 bits per heavy atom. The Hall–Kier alpha value is -2.87. The number of carbonyl (C=O) groups is 1. The maximum atomic E-state index is 14.0. The van der Waals surface area contributed by atoms with Crippen molar-refractivity contribution in [3.05, 3.63) is 76.1 Å². The van der Waals surface area contributed by atoms with E-state index in [2.05, 4.69) is 4.98 Å². The lowest BCUT2D eigenvalue weighted by Gasteiger charge is -2.26. The molecule has 0 spiro atoms. The van der Waals surface area contributed by atoms with E-state index in [1.54, 1.807) is 12.1 Å². The number of thiazole rings is 1. The van der Waals surface area contributed by atoms with Gasteiger partial charge >= 0.3 is 0 Å². The summed E-state index contributed by atoms with van der Waals surface area (Å²) >= 11 is 1.06. The highest BCUT2D eigenvalue weighted by Gasteiger charge is 2.31. The first-order valence-electron chi connectivity index (χ1n) is 8.15. The Morgan fingerprint density at radius 1 is 1.11 bits per heavy atom. The van der Waals surface area contributed by atoms with Gasteiger partial charge in [0.25, 0.3) is 11.1 Å². The van der Waals surface area contributed by atoms with Crippen LogP contribution in [0.1, 0.15) is 20.9 Å². The number of rotatable bonds is 4. The molecule has 0 aliphatic carbocycles. The maximum absolute atomic E-state index is 14.0. The summed E-state index contributed by atoms with van der Waals surface area (Å²) < 4.78 is 45.9. The highest BCUT2D eigenvalue weighted by atomic mass is 32.1. The molecule has 1 aromatic heterocycles. The first-order valence-corrected chi connectivity index (χ1v) is 8.97. The quantitative estimate of drug-likeness (QED) is 0.666. The van der Waals surface area contributed by atoms with E-state index in [-0.39, 0.29) is 24.7 Å². The first kappa shape index (κ1) is 17.5. The van der Waals surface area contributed by atoms with Crippen molar-refractivity contribution in [2.75, 3.05) is 11.4 Å². The average Bonchev–Trinajstić information content (AvgIpc) is 3.05. The normalized spacial score (nSPS) is 13.6. The molecule has 0 fully saturated rings. The molecule has 2 heterocycles. The second-order valence-electron chi connectivity index (χ2n) is 5.98. The third-order valence-electron chi connectivity index (χ3n) is 4.14. The number of hydrogen-bond acceptors (Lipinski definition) is 4. The van der Waals surface area contributed by atoms with Crippen LogP contribution in [0.3, 0.4) is 0 Å². The van der Waals surface area contributed by atoms with Crippen LogP contribution in [-0.4, -0.2) is 17.4 Å². The second-order valence-corrected chi connectivity index (χ2v) is 6.94. The highest BCUT2D eigenvalue weighted by molar-refractivity contribution is 7.15. The Labute approximate surface area is 156 Å². The minimum atomic E-state index is -0.793. The number of halogens is 3. The SMILES string of the molecule is O=C1c2sc(OCc3cccc(F)c3)nc2CCN1c1ccc(F)cc1F. The van der Waals surface area contributed by atoms with Crippen LogP contribution in [0.4, 0.5) is 18.9 Å². The van der Waals surface area contributed by atoms with Gasteiger partial charge in [-0.1, -0.05) is 23.5 Å². The van der Waals surface area contributed by atoms with E-state index in [0.29, 0.717) is 27.7 Å². The number of aromatic nitrogens is 1. The van der Waals surface area contributed by atoms with E-state index in [1.165, 1.54) is 23.1 Å². The Bertz CT molecular complexity index is 1020. The third kappa shape index (κ3) is 3.52. The molecular formula is C19H13F3N2O2S. The summed E-state index contributed by atoms with van der Waals surface area (Å²) in [6.07, 6.45) is 0.428. The highest BCUT2D eigenvalue weighted by Crippen LogP contribution is 2.33. The standard InChI is InChI=1S/C19H13F3N2O2S/c20-12-3-1-2-11(8-12)10-26-19-23-15-6-7-24(18(25)17(15)27-19)16-5-4-13(21)9-14(16)22/h1-5,8-9H,6-7,10H2. The van der Waals surface area contributed by atoms with E-state index in [1.807, 2.05) is 0 Å². The van der Waals surface area contributed by atoms with Gasteiger partial charge < -0.3 is 9.64 Å². The summed E-state index contributed by atoms with van der Waals surface area (Å²) in [6.45, 7) is 0.357. The molecule has 27 heavy (non-hydrogen) atoms. The van der Waals surface area contributed by atoms with Crippen molar-refractivity contribution in [1.82, 2.24) is 4.98 Å². The molecule has 0 bridgehead atoms. The van der Waals surface area contributed by atoms with Crippen LogP contribution in [0.15, 0.2) is 42.5 Å². The summed E-state index contributed by atoms with van der Waals surface area (Å²) in [5.41, 5.74) is 1.25. The van der Waals surface area contributed by atoms with Crippen molar-refractivity contribution < 1.29 is 22.7 Å². The zero-order valence-corrected chi connectivity index (χ0v) is 14.7. The van der Waals surface area contributed by atoms with Crippen molar-refractivity contribution >= 4 is 22.9 Å². The van der Waals surface area contributed by atoms with Gasteiger partial charge in [-0.05, 0) is 29.8 Å². The zero-order valence-electron chi connectivity index (χ0n) is 13.9. The molecule has 0 radical (unpaired) electrons. The Balaban J connectivity index is 1.53. The number of carbonyl (C=O) groups excluding carboxylic acids is 1. The summed E-state index contributed by atoms with van der Waals surface area (Å²) in [5, 5.41) is 0.291. The number of nitrogens with zero attached hydrogens (tertiary/aromatic N) is 2. The van der Waals surface area contributed by atoms with Crippen molar-refractivity contribution in [2.24, 2.45) is 0 Å². The summed E-state index contributed by atoms with van der Waals surface area (Å²) in [6, 6.07) is 9.11. The van der Waals surface area contributed by atoms with Gasteiger partial charge in [-0.3, -0.25) is 4.79 Å². The number of hydrogen-bond donors (Lipinski definition) is 0. The predicted octanol–water partition coefficient (Wildman–Crippen LogP) is 4.34. The molecule has 4 nitrogen and oxygen atoms in total. The smallest absolute Gasteiger partial charge is 0.274 e. The van der Waals surface area contributed by atoms with Gasteiger partial charge in [-0.15, -0.1) is 0 Å². The number of fused-ring (bicyclic) bond motifs is 1. The maximum Gasteiger partial charge on any atom is 0.274 e. The Kier molecular flexibility index (Phi) is 4.57. The molecule has 8 heteroatoms. The molecule has 1 aliphatic rings. The molecule has 1 aliphatic heterocycles. The van der Waals surface area contributed by atoms with Gasteiger partial charge in [-0.25, -0.2) is 18.2 Å². The molecule has 2 aromatic carbocycles. The molecule has 0 saturated carbocycles. The van der Waals surface area contributed by atoms with E-state index in [0.717, 1.165) is 23.5 Å². The molecule has 0 atom stereocenters. The van der Waals surface area contributed by atoms with Gasteiger partial charge in [0, 0.05) is 19.0 Å². The van der Waals surface area contributed by atoms with Crippen LogP contribution in [0.2, 0.25) is 0 Å². The molecule has 1 amide bonds. The third-order valence-corrected chi connectivity index (χ3v) is 5.14. The minimum Gasteiger partial charge on any atom is -0.465 e. The van der Waals surface area contributed by atoms with Gasteiger partial charge in [-0.2, -0.15) is 0 Å². The van der Waals surface area contributed by atoms with Crippen molar-refractivity contribution in [3.8, 4) is 5.19 Å². The summed E-state index contributed by atoms with van der Waals surface area (Å²) in [7, 11) is 0. The molecule has 3 aromatic rings. The second kappa shape index (κ2) is 7.03. The van der Waals surface area contributed by atoms with Gasteiger partial charge in [0.05, 0.1) is 11.4 Å². The van der Waals surface area contributed by atoms with Crippen LogP contribution in [0.25, 0.3) is 0 Å². The number of anilines is 1. The molecule has 0 unspecified atom stereocenters. The van der Waals surface area contributed by atoms with Crippen LogP contribution >= 0.6 is 11.3 Å². The van der Waals surface area contributed by atoms with Crippen molar-refractivity contribution in [3.63, 3.8) is 0 Å². The molecule has 0 saturated heterocycles. The molecular weight excluding hydrogens is 377 g/mol. The number of amides is 1. The zero-order chi connectivity index (χ0) is 19.0. The summed E-state index contributed by atoms with van der Waals surface area (Å²) in [4.78, 5) is 18.7. The fourth-order valence-corrected chi connectivity index (χ4v) is 3.78. The number of benzene rings is 2. The van der Waals surface area contributed by atoms with E-state index < -0.39 is 17.5 Å². The first-order chi connectivity index (χ1) is 13.0. The molecule has 138 valence electrons. The van der Waals surface area contributed by atoms with E-state index >= 15 is 0 Å². The van der Waals surface area contributed by atoms with Gasteiger partial charge in [0.15, 0.2) is 0 Å². The lowest BCUT2D eigenvalue weighted by Crippen LogP contribution is -2.37. The largest absolute Gasteiger partial charge is 0.465 e. The molecule has 4 rings (SSSR count). The fraction of sp³-hybridized carbons (Fsp3) is 0.158. The van der Waals surface area contributed by atoms with Crippen LogP contribution in [0, 0.1) is 17.5 Å². The topological polar surface area (TPSA) is 42.4 Å².